The number of aliphatic carboxylic acids is 1. The number of hydrogen-bond acceptors (Lipinski definition) is 3. The number of amides is 1. The Morgan fingerprint density at radius 1 is 1.47 bits per heavy atom. The monoisotopic (exact) mass is 287 g/mol. The maximum atomic E-state index is 13.3. The van der Waals surface area contributed by atoms with Crippen molar-refractivity contribution in [2.24, 2.45) is 0 Å². The highest BCUT2D eigenvalue weighted by Crippen LogP contribution is 2.23. The van der Waals surface area contributed by atoms with E-state index in [2.05, 4.69) is 5.32 Å². The highest BCUT2D eigenvalue weighted by atomic mass is 35.5. The summed E-state index contributed by atoms with van der Waals surface area (Å²) in [5.74, 6) is -2.66. The molecule has 1 unspecified atom stereocenters. The first kappa shape index (κ1) is 13.8. The van der Waals surface area contributed by atoms with Crippen molar-refractivity contribution in [1.82, 2.24) is 5.32 Å². The number of rotatable bonds is 3. The predicted octanol–water partition coefficient (Wildman–Crippen LogP) is 1.45. The Morgan fingerprint density at radius 3 is 2.79 bits per heavy atom. The topological polar surface area (TPSA) is 75.6 Å². The van der Waals surface area contributed by atoms with Gasteiger partial charge in [-0.3, -0.25) is 4.79 Å². The summed E-state index contributed by atoms with van der Waals surface area (Å²) in [5, 5.41) is 11.2. The first-order chi connectivity index (χ1) is 8.96. The zero-order valence-electron chi connectivity index (χ0n) is 9.78. The van der Waals surface area contributed by atoms with Gasteiger partial charge in [0, 0.05) is 13.0 Å². The Bertz CT molecular complexity index is 528. The molecule has 1 saturated heterocycles. The summed E-state index contributed by atoms with van der Waals surface area (Å²) in [4.78, 5) is 23.2. The molecule has 19 heavy (non-hydrogen) atoms. The first-order valence-corrected chi connectivity index (χ1v) is 5.92. The van der Waals surface area contributed by atoms with Crippen molar-refractivity contribution in [2.75, 3.05) is 13.2 Å². The highest BCUT2D eigenvalue weighted by molar-refractivity contribution is 6.34. The quantitative estimate of drug-likeness (QED) is 0.882. The Labute approximate surface area is 113 Å². The molecule has 0 bridgehead atoms. The van der Waals surface area contributed by atoms with Crippen molar-refractivity contribution in [2.45, 2.75) is 12.0 Å². The van der Waals surface area contributed by atoms with Crippen LogP contribution < -0.4 is 5.32 Å². The van der Waals surface area contributed by atoms with Crippen molar-refractivity contribution in [3.63, 3.8) is 0 Å². The van der Waals surface area contributed by atoms with Crippen molar-refractivity contribution in [1.29, 1.82) is 0 Å². The van der Waals surface area contributed by atoms with Gasteiger partial charge < -0.3 is 15.2 Å². The van der Waals surface area contributed by atoms with E-state index in [1.54, 1.807) is 0 Å². The Kier molecular flexibility index (Phi) is 3.73. The number of nitrogens with one attached hydrogen (secondary N) is 1. The van der Waals surface area contributed by atoms with Gasteiger partial charge in [0.25, 0.3) is 5.91 Å². The maximum Gasteiger partial charge on any atom is 0.331 e. The van der Waals surface area contributed by atoms with Crippen molar-refractivity contribution in [3.05, 3.63) is 34.6 Å². The van der Waals surface area contributed by atoms with Crippen molar-refractivity contribution in [3.8, 4) is 0 Å². The standard InChI is InChI=1S/C12H11ClFNO4/c13-9-7(2-1-3-8(9)14)10(16)15-12(11(17)18)4-5-19-6-12/h1-3H,4-6H2,(H,15,16)(H,17,18). The largest absolute Gasteiger partial charge is 0.479 e. The number of benzene rings is 1. The minimum Gasteiger partial charge on any atom is -0.479 e. The van der Waals surface area contributed by atoms with Gasteiger partial charge in [-0.05, 0) is 12.1 Å². The van der Waals surface area contributed by atoms with Gasteiger partial charge in [-0.2, -0.15) is 0 Å². The summed E-state index contributed by atoms with van der Waals surface area (Å²) in [6.45, 7) is 0.116. The lowest BCUT2D eigenvalue weighted by Crippen LogP contribution is -2.55. The third kappa shape index (κ3) is 2.54. The molecule has 0 aliphatic carbocycles. The summed E-state index contributed by atoms with van der Waals surface area (Å²) >= 11 is 5.68. The average Bonchev–Trinajstić information content (AvgIpc) is 2.82. The van der Waals surface area contributed by atoms with E-state index in [1.807, 2.05) is 0 Å². The lowest BCUT2D eigenvalue weighted by molar-refractivity contribution is -0.144. The Morgan fingerprint density at radius 2 is 2.21 bits per heavy atom. The number of ether oxygens (including phenoxy) is 1. The van der Waals surface area contributed by atoms with E-state index < -0.39 is 23.2 Å². The molecular formula is C12H11ClFNO4. The van der Waals surface area contributed by atoms with Crippen molar-refractivity contribution >= 4 is 23.5 Å². The molecule has 2 N–H and O–H groups in total. The Balaban J connectivity index is 2.25. The second-order valence-electron chi connectivity index (χ2n) is 4.25. The van der Waals surface area contributed by atoms with E-state index in [9.17, 15) is 19.1 Å². The summed E-state index contributed by atoms with van der Waals surface area (Å²) in [5.41, 5.74) is -1.58. The number of halogens is 2. The summed E-state index contributed by atoms with van der Waals surface area (Å²) in [6, 6.07) is 3.77. The molecule has 1 aromatic carbocycles. The number of carboxylic acid groups (broad SMARTS) is 1. The van der Waals surface area contributed by atoms with Crippen LogP contribution in [0.2, 0.25) is 5.02 Å². The van der Waals surface area contributed by atoms with E-state index in [1.165, 1.54) is 12.1 Å². The van der Waals surface area contributed by atoms with Gasteiger partial charge in [0.2, 0.25) is 0 Å². The van der Waals surface area contributed by atoms with Gasteiger partial charge in [0.15, 0.2) is 5.54 Å². The zero-order valence-corrected chi connectivity index (χ0v) is 10.5. The summed E-state index contributed by atoms with van der Waals surface area (Å²) in [7, 11) is 0. The fourth-order valence-corrected chi connectivity index (χ4v) is 2.06. The van der Waals surface area contributed by atoms with Crippen LogP contribution in [0, 0.1) is 5.82 Å². The van der Waals surface area contributed by atoms with Crippen LogP contribution in [0.4, 0.5) is 4.39 Å². The van der Waals surface area contributed by atoms with Gasteiger partial charge in [0.1, 0.15) is 5.82 Å². The fraction of sp³-hybridized carbons (Fsp3) is 0.333. The number of carbonyl (C=O) groups excluding carboxylic acids is 1. The molecule has 1 aromatic rings. The lowest BCUT2D eigenvalue weighted by Gasteiger charge is -2.23. The van der Waals surface area contributed by atoms with E-state index >= 15 is 0 Å². The molecular weight excluding hydrogens is 277 g/mol. The van der Waals surface area contributed by atoms with Gasteiger partial charge >= 0.3 is 5.97 Å². The third-order valence-corrected chi connectivity index (χ3v) is 3.36. The zero-order chi connectivity index (χ0) is 14.0. The first-order valence-electron chi connectivity index (χ1n) is 5.54. The van der Waals surface area contributed by atoms with E-state index in [0.29, 0.717) is 0 Å². The molecule has 0 saturated carbocycles. The molecule has 5 nitrogen and oxygen atoms in total. The van der Waals surface area contributed by atoms with Gasteiger partial charge in [0.05, 0.1) is 17.2 Å². The molecule has 1 fully saturated rings. The molecule has 2 rings (SSSR count). The highest BCUT2D eigenvalue weighted by Gasteiger charge is 2.44. The van der Waals surface area contributed by atoms with E-state index in [0.717, 1.165) is 6.07 Å². The van der Waals surface area contributed by atoms with Crippen LogP contribution >= 0.6 is 11.6 Å². The summed E-state index contributed by atoms with van der Waals surface area (Å²) in [6.07, 6.45) is 0.154. The van der Waals surface area contributed by atoms with Crippen LogP contribution in [0.15, 0.2) is 18.2 Å². The molecule has 1 heterocycles. The van der Waals surface area contributed by atoms with Crippen LogP contribution in [0.3, 0.4) is 0 Å². The van der Waals surface area contributed by atoms with Crippen LogP contribution in [0.1, 0.15) is 16.8 Å². The number of hydrogen-bond donors (Lipinski definition) is 2. The molecule has 1 aliphatic heterocycles. The molecule has 102 valence electrons. The number of carboxylic acids is 1. The minimum atomic E-state index is -1.48. The van der Waals surface area contributed by atoms with Crippen molar-refractivity contribution < 1.29 is 23.8 Å². The maximum absolute atomic E-state index is 13.3. The second-order valence-corrected chi connectivity index (χ2v) is 4.62. The molecule has 1 atom stereocenters. The van der Waals surface area contributed by atoms with Crippen LogP contribution in [-0.4, -0.2) is 35.7 Å². The molecule has 1 amide bonds. The lowest BCUT2D eigenvalue weighted by atomic mass is 9.98. The van der Waals surface area contributed by atoms with Crippen LogP contribution in [0.5, 0.6) is 0 Å². The van der Waals surface area contributed by atoms with Crippen LogP contribution in [0.25, 0.3) is 0 Å². The fourth-order valence-electron chi connectivity index (χ4n) is 1.85. The third-order valence-electron chi connectivity index (χ3n) is 2.98. The van der Waals surface area contributed by atoms with Gasteiger partial charge in [-0.25, -0.2) is 9.18 Å². The average molecular weight is 288 g/mol. The molecule has 1 aliphatic rings. The van der Waals surface area contributed by atoms with Gasteiger partial charge in [-0.15, -0.1) is 0 Å². The normalized spacial score (nSPS) is 22.2. The van der Waals surface area contributed by atoms with E-state index in [-0.39, 0.29) is 30.2 Å². The predicted molar refractivity (Wildman–Crippen MR) is 64.7 cm³/mol. The second kappa shape index (κ2) is 5.14. The molecule has 0 aromatic heterocycles. The Hall–Kier alpha value is -1.66. The molecule has 0 spiro atoms. The van der Waals surface area contributed by atoms with Gasteiger partial charge in [-0.1, -0.05) is 17.7 Å². The molecule has 0 radical (unpaired) electrons. The molecule has 7 heteroatoms. The summed E-state index contributed by atoms with van der Waals surface area (Å²) < 4.78 is 18.3. The minimum absolute atomic E-state index is 0.103. The SMILES string of the molecule is O=C(NC1(C(=O)O)CCOC1)c1cccc(F)c1Cl. The number of carbonyl (C=O) groups is 2. The van der Waals surface area contributed by atoms with E-state index in [4.69, 9.17) is 16.3 Å². The van der Waals surface area contributed by atoms with Crippen LogP contribution in [-0.2, 0) is 9.53 Å². The smallest absolute Gasteiger partial charge is 0.331 e.